The van der Waals surface area contributed by atoms with E-state index in [0.717, 1.165) is 11.3 Å². The molecule has 2 rings (SSSR count). The monoisotopic (exact) mass is 224 g/mol. The van der Waals surface area contributed by atoms with Crippen molar-refractivity contribution in [2.45, 2.75) is 0 Å². The molecule has 0 unspecified atom stereocenters. The topological polar surface area (TPSA) is 63.1 Å². The minimum Gasteiger partial charge on any atom is -0.476 e. The lowest BCUT2D eigenvalue weighted by molar-refractivity contribution is 0.0695. The third-order valence-electron chi connectivity index (χ3n) is 1.68. The van der Waals surface area contributed by atoms with Crippen molar-refractivity contribution < 1.29 is 14.3 Å². The van der Waals surface area contributed by atoms with Gasteiger partial charge in [-0.15, -0.1) is 10.2 Å². The molecule has 0 atom stereocenters. The lowest BCUT2D eigenvalue weighted by Gasteiger charge is -1.93. The van der Waals surface area contributed by atoms with Crippen molar-refractivity contribution in [2.75, 3.05) is 0 Å². The Morgan fingerprint density at radius 2 is 2.20 bits per heavy atom. The van der Waals surface area contributed by atoms with Gasteiger partial charge in [-0.05, 0) is 12.1 Å². The van der Waals surface area contributed by atoms with Crippen LogP contribution >= 0.6 is 11.3 Å². The van der Waals surface area contributed by atoms with E-state index in [0.29, 0.717) is 10.6 Å². The normalized spacial score (nSPS) is 10.2. The Bertz CT molecular complexity index is 512. The second-order valence-corrected chi connectivity index (χ2v) is 3.71. The second-order valence-electron chi connectivity index (χ2n) is 2.73. The Labute approximate surface area is 88.0 Å². The van der Waals surface area contributed by atoms with Crippen molar-refractivity contribution in [3.05, 3.63) is 35.1 Å². The van der Waals surface area contributed by atoms with Gasteiger partial charge in [0.1, 0.15) is 10.8 Å². The molecule has 0 radical (unpaired) electrons. The molecule has 0 amide bonds. The average molecular weight is 224 g/mol. The summed E-state index contributed by atoms with van der Waals surface area (Å²) < 4.78 is 12.9. The van der Waals surface area contributed by atoms with Gasteiger partial charge >= 0.3 is 5.97 Å². The predicted molar refractivity (Wildman–Crippen MR) is 52.3 cm³/mol. The van der Waals surface area contributed by atoms with Crippen molar-refractivity contribution in [3.8, 4) is 10.6 Å². The summed E-state index contributed by atoms with van der Waals surface area (Å²) in [4.78, 5) is 10.5. The molecule has 0 aliphatic heterocycles. The molecule has 15 heavy (non-hydrogen) atoms. The van der Waals surface area contributed by atoms with Crippen LogP contribution in [0.15, 0.2) is 24.3 Å². The fourth-order valence-corrected chi connectivity index (χ4v) is 1.73. The summed E-state index contributed by atoms with van der Waals surface area (Å²) in [6.07, 6.45) is 0. The molecule has 4 nitrogen and oxygen atoms in total. The maximum Gasteiger partial charge on any atom is 0.367 e. The SMILES string of the molecule is O=C(O)c1nnc(-c2cccc(F)c2)s1. The molecule has 76 valence electrons. The van der Waals surface area contributed by atoms with Gasteiger partial charge in [0, 0.05) is 5.56 Å². The van der Waals surface area contributed by atoms with Gasteiger partial charge in [0.25, 0.3) is 0 Å². The van der Waals surface area contributed by atoms with Crippen LogP contribution in [0, 0.1) is 5.82 Å². The zero-order chi connectivity index (χ0) is 10.8. The minimum absolute atomic E-state index is 0.103. The molecule has 0 saturated heterocycles. The minimum atomic E-state index is -1.13. The average Bonchev–Trinajstić information content (AvgIpc) is 2.66. The van der Waals surface area contributed by atoms with Crippen LogP contribution in [0.4, 0.5) is 4.39 Å². The quantitative estimate of drug-likeness (QED) is 0.847. The molecule has 1 N–H and O–H groups in total. The first-order valence-corrected chi connectivity index (χ1v) is 4.81. The Morgan fingerprint density at radius 3 is 2.80 bits per heavy atom. The summed E-state index contributed by atoms with van der Waals surface area (Å²) in [6.45, 7) is 0. The van der Waals surface area contributed by atoms with Crippen molar-refractivity contribution in [1.82, 2.24) is 10.2 Å². The smallest absolute Gasteiger partial charge is 0.367 e. The number of carboxylic acids is 1. The highest BCUT2D eigenvalue weighted by molar-refractivity contribution is 7.16. The number of carbonyl (C=O) groups is 1. The van der Waals surface area contributed by atoms with Crippen LogP contribution < -0.4 is 0 Å². The Balaban J connectivity index is 2.41. The van der Waals surface area contributed by atoms with Gasteiger partial charge in [0.2, 0.25) is 5.01 Å². The highest BCUT2D eigenvalue weighted by atomic mass is 32.1. The van der Waals surface area contributed by atoms with Crippen LogP contribution in [0.25, 0.3) is 10.6 Å². The molecule has 0 spiro atoms. The molecule has 2 aromatic rings. The number of hydrogen-bond donors (Lipinski definition) is 1. The molecule has 6 heteroatoms. The zero-order valence-corrected chi connectivity index (χ0v) is 8.16. The van der Waals surface area contributed by atoms with Gasteiger partial charge in [-0.3, -0.25) is 0 Å². The lowest BCUT2D eigenvalue weighted by atomic mass is 10.2. The van der Waals surface area contributed by atoms with Crippen LogP contribution in [0.2, 0.25) is 0 Å². The van der Waals surface area contributed by atoms with Crippen molar-refractivity contribution in [3.63, 3.8) is 0 Å². The highest BCUT2D eigenvalue weighted by Gasteiger charge is 2.12. The van der Waals surface area contributed by atoms with Gasteiger partial charge in [-0.2, -0.15) is 0 Å². The van der Waals surface area contributed by atoms with E-state index in [2.05, 4.69) is 10.2 Å². The van der Waals surface area contributed by atoms with E-state index in [1.165, 1.54) is 18.2 Å². The number of aromatic nitrogens is 2. The first-order valence-electron chi connectivity index (χ1n) is 3.99. The van der Waals surface area contributed by atoms with Crippen LogP contribution in [-0.2, 0) is 0 Å². The van der Waals surface area contributed by atoms with E-state index in [-0.39, 0.29) is 10.8 Å². The summed E-state index contributed by atoms with van der Waals surface area (Å²) >= 11 is 0.914. The molecule has 0 saturated carbocycles. The molecule has 0 bridgehead atoms. The molecular weight excluding hydrogens is 219 g/mol. The summed E-state index contributed by atoms with van der Waals surface area (Å²) in [7, 11) is 0. The number of hydrogen-bond acceptors (Lipinski definition) is 4. The molecule has 1 aromatic heterocycles. The summed E-state index contributed by atoms with van der Waals surface area (Å²) in [5.74, 6) is -1.52. The summed E-state index contributed by atoms with van der Waals surface area (Å²) in [6, 6.07) is 5.77. The fourth-order valence-electron chi connectivity index (χ4n) is 1.05. The van der Waals surface area contributed by atoms with Crippen LogP contribution in [-0.4, -0.2) is 21.3 Å². The number of aromatic carboxylic acids is 1. The van der Waals surface area contributed by atoms with E-state index in [9.17, 15) is 9.18 Å². The van der Waals surface area contributed by atoms with Gasteiger partial charge in [-0.25, -0.2) is 9.18 Å². The molecule has 1 aromatic carbocycles. The first kappa shape index (κ1) is 9.72. The van der Waals surface area contributed by atoms with Gasteiger partial charge in [0.15, 0.2) is 0 Å². The number of rotatable bonds is 2. The molecule has 0 aliphatic carbocycles. The van der Waals surface area contributed by atoms with Crippen molar-refractivity contribution in [1.29, 1.82) is 0 Å². The first-order chi connectivity index (χ1) is 7.16. The van der Waals surface area contributed by atoms with Crippen LogP contribution in [0.3, 0.4) is 0 Å². The Kier molecular flexibility index (Phi) is 2.42. The number of nitrogens with zero attached hydrogens (tertiary/aromatic N) is 2. The number of carboxylic acid groups (broad SMARTS) is 1. The largest absolute Gasteiger partial charge is 0.476 e. The molecule has 0 aliphatic rings. The number of benzene rings is 1. The molecule has 1 heterocycles. The van der Waals surface area contributed by atoms with E-state index in [1.807, 2.05) is 0 Å². The van der Waals surface area contributed by atoms with Crippen molar-refractivity contribution in [2.24, 2.45) is 0 Å². The predicted octanol–water partition coefficient (Wildman–Crippen LogP) is 2.04. The standard InChI is InChI=1S/C9H5FN2O2S/c10-6-3-1-2-5(4-6)7-11-12-8(15-7)9(13)14/h1-4H,(H,13,14). The maximum absolute atomic E-state index is 12.9. The summed E-state index contributed by atoms with van der Waals surface area (Å²) in [5.41, 5.74) is 0.528. The number of halogens is 1. The van der Waals surface area contributed by atoms with Gasteiger partial charge in [0.05, 0.1) is 0 Å². The van der Waals surface area contributed by atoms with Crippen LogP contribution in [0.5, 0.6) is 0 Å². The molecule has 0 fully saturated rings. The van der Waals surface area contributed by atoms with Crippen LogP contribution in [0.1, 0.15) is 9.80 Å². The second kappa shape index (κ2) is 3.74. The maximum atomic E-state index is 12.9. The Morgan fingerprint density at radius 1 is 1.40 bits per heavy atom. The van der Waals surface area contributed by atoms with Crippen molar-refractivity contribution >= 4 is 17.3 Å². The third-order valence-corrected chi connectivity index (χ3v) is 2.64. The zero-order valence-electron chi connectivity index (χ0n) is 7.35. The lowest BCUT2D eigenvalue weighted by Crippen LogP contribution is -1.93. The summed E-state index contributed by atoms with van der Waals surface area (Å²) in [5, 5.41) is 16.1. The fraction of sp³-hybridized carbons (Fsp3) is 0. The molecular formula is C9H5FN2O2S. The van der Waals surface area contributed by atoms with E-state index < -0.39 is 5.97 Å². The van der Waals surface area contributed by atoms with Gasteiger partial charge in [-0.1, -0.05) is 23.5 Å². The van der Waals surface area contributed by atoms with E-state index in [1.54, 1.807) is 6.07 Å². The van der Waals surface area contributed by atoms with E-state index in [4.69, 9.17) is 5.11 Å². The Hall–Kier alpha value is -1.82. The van der Waals surface area contributed by atoms with Gasteiger partial charge < -0.3 is 5.11 Å². The third kappa shape index (κ3) is 1.99. The van der Waals surface area contributed by atoms with E-state index >= 15 is 0 Å². The highest BCUT2D eigenvalue weighted by Crippen LogP contribution is 2.23.